The van der Waals surface area contributed by atoms with E-state index in [0.717, 1.165) is 30.6 Å². The Morgan fingerprint density at radius 1 is 1.24 bits per heavy atom. The molecule has 1 aliphatic rings. The number of urea groups is 1. The summed E-state index contributed by atoms with van der Waals surface area (Å²) >= 11 is 0. The van der Waals surface area contributed by atoms with Crippen molar-refractivity contribution in [3.63, 3.8) is 0 Å². The number of aryl methyl sites for hydroxylation is 1. The van der Waals surface area contributed by atoms with Crippen LogP contribution in [0.25, 0.3) is 0 Å². The molecule has 1 saturated heterocycles. The summed E-state index contributed by atoms with van der Waals surface area (Å²) in [6.07, 6.45) is 1.69. The Labute approximate surface area is 125 Å². The monoisotopic (exact) mass is 289 g/mol. The van der Waals surface area contributed by atoms with Crippen LogP contribution >= 0.6 is 0 Å². The van der Waals surface area contributed by atoms with Crippen LogP contribution in [-0.2, 0) is 4.79 Å². The zero-order valence-corrected chi connectivity index (χ0v) is 12.9. The van der Waals surface area contributed by atoms with Crippen molar-refractivity contribution in [2.75, 3.05) is 32.5 Å². The lowest BCUT2D eigenvalue weighted by molar-refractivity contribution is -0.121. The number of nitrogens with zero attached hydrogens (tertiary/aromatic N) is 2. The molecule has 0 bridgehead atoms. The fourth-order valence-electron chi connectivity index (χ4n) is 2.53. The molecule has 0 aliphatic carbocycles. The van der Waals surface area contributed by atoms with Crippen LogP contribution in [0.1, 0.15) is 18.4 Å². The summed E-state index contributed by atoms with van der Waals surface area (Å²) in [7, 11) is 3.47. The van der Waals surface area contributed by atoms with Gasteiger partial charge >= 0.3 is 6.03 Å². The predicted molar refractivity (Wildman–Crippen MR) is 83.2 cm³/mol. The Kier molecular flexibility index (Phi) is 4.83. The van der Waals surface area contributed by atoms with E-state index in [2.05, 4.69) is 5.32 Å². The number of benzene rings is 1. The molecule has 0 unspecified atom stereocenters. The first-order valence-electron chi connectivity index (χ1n) is 7.31. The highest BCUT2D eigenvalue weighted by Crippen LogP contribution is 2.19. The number of carbonyl (C=O) groups is 2. The van der Waals surface area contributed by atoms with Crippen LogP contribution in [0, 0.1) is 12.8 Å². The third-order valence-corrected chi connectivity index (χ3v) is 3.76. The zero-order chi connectivity index (χ0) is 15.4. The average molecular weight is 289 g/mol. The Morgan fingerprint density at radius 2 is 1.90 bits per heavy atom. The molecule has 3 amide bonds. The normalized spacial score (nSPS) is 18.2. The van der Waals surface area contributed by atoms with E-state index in [1.54, 1.807) is 23.9 Å². The van der Waals surface area contributed by atoms with Gasteiger partial charge in [-0.15, -0.1) is 0 Å². The van der Waals surface area contributed by atoms with Crippen LogP contribution < -0.4 is 5.32 Å². The summed E-state index contributed by atoms with van der Waals surface area (Å²) in [5.74, 6) is -0.140. The maximum atomic E-state index is 12.3. The molecule has 1 heterocycles. The maximum absolute atomic E-state index is 12.3. The molecule has 5 nitrogen and oxygen atoms in total. The fraction of sp³-hybridized carbons (Fsp3) is 0.500. The SMILES string of the molecule is Cc1ccc(NC(=O)[C@@H]2CCCN(C(=O)N(C)C)C2)cc1. The minimum Gasteiger partial charge on any atom is -0.331 e. The summed E-state index contributed by atoms with van der Waals surface area (Å²) in [4.78, 5) is 27.6. The molecule has 1 aromatic carbocycles. The largest absolute Gasteiger partial charge is 0.331 e. The second-order valence-electron chi connectivity index (χ2n) is 5.82. The number of nitrogens with one attached hydrogen (secondary N) is 1. The topological polar surface area (TPSA) is 52.7 Å². The predicted octanol–water partition coefficient (Wildman–Crippen LogP) is 2.33. The van der Waals surface area contributed by atoms with Gasteiger partial charge in [0.2, 0.25) is 5.91 Å². The smallest absolute Gasteiger partial charge is 0.319 e. The van der Waals surface area contributed by atoms with E-state index >= 15 is 0 Å². The Bertz CT molecular complexity index is 511. The number of piperidine rings is 1. The van der Waals surface area contributed by atoms with Crippen molar-refractivity contribution >= 4 is 17.6 Å². The number of hydrogen-bond donors (Lipinski definition) is 1. The van der Waals surface area contributed by atoms with Gasteiger partial charge in [-0.2, -0.15) is 0 Å². The summed E-state index contributed by atoms with van der Waals surface area (Å²) in [6.45, 7) is 3.23. The molecular weight excluding hydrogens is 266 g/mol. The van der Waals surface area contributed by atoms with Gasteiger partial charge in [0.15, 0.2) is 0 Å². The van der Waals surface area contributed by atoms with Gasteiger partial charge in [-0.05, 0) is 31.9 Å². The molecule has 0 aromatic heterocycles. The molecule has 114 valence electrons. The molecule has 1 fully saturated rings. The van der Waals surface area contributed by atoms with E-state index in [1.807, 2.05) is 31.2 Å². The number of amides is 3. The molecule has 5 heteroatoms. The Morgan fingerprint density at radius 3 is 2.52 bits per heavy atom. The highest BCUT2D eigenvalue weighted by molar-refractivity contribution is 5.93. The standard InChI is InChI=1S/C16H23N3O2/c1-12-6-8-14(9-7-12)17-15(20)13-5-4-10-19(11-13)16(21)18(2)3/h6-9,13H,4-5,10-11H2,1-3H3,(H,17,20)/t13-/m1/s1. The zero-order valence-electron chi connectivity index (χ0n) is 12.9. The summed E-state index contributed by atoms with van der Waals surface area (Å²) < 4.78 is 0. The lowest BCUT2D eigenvalue weighted by Crippen LogP contribution is -2.47. The van der Waals surface area contributed by atoms with Crippen molar-refractivity contribution in [2.45, 2.75) is 19.8 Å². The Balaban J connectivity index is 1.96. The van der Waals surface area contributed by atoms with Crippen molar-refractivity contribution in [1.29, 1.82) is 0 Å². The van der Waals surface area contributed by atoms with Crippen molar-refractivity contribution in [2.24, 2.45) is 5.92 Å². The van der Waals surface area contributed by atoms with E-state index in [9.17, 15) is 9.59 Å². The fourth-order valence-corrected chi connectivity index (χ4v) is 2.53. The molecule has 1 atom stereocenters. The first kappa shape index (κ1) is 15.4. The summed E-state index contributed by atoms with van der Waals surface area (Å²) in [5.41, 5.74) is 1.97. The van der Waals surface area contributed by atoms with Gasteiger partial charge in [-0.3, -0.25) is 4.79 Å². The third-order valence-electron chi connectivity index (χ3n) is 3.76. The summed E-state index contributed by atoms with van der Waals surface area (Å²) in [5, 5.41) is 2.94. The highest BCUT2D eigenvalue weighted by Gasteiger charge is 2.29. The van der Waals surface area contributed by atoms with Crippen molar-refractivity contribution in [1.82, 2.24) is 9.80 Å². The average Bonchev–Trinajstić information content (AvgIpc) is 2.48. The van der Waals surface area contributed by atoms with Crippen molar-refractivity contribution < 1.29 is 9.59 Å². The summed E-state index contributed by atoms with van der Waals surface area (Å²) in [6, 6.07) is 7.72. The highest BCUT2D eigenvalue weighted by atomic mass is 16.2. The minimum atomic E-state index is -0.135. The lowest BCUT2D eigenvalue weighted by atomic mass is 9.97. The van der Waals surface area contributed by atoms with E-state index in [-0.39, 0.29) is 17.9 Å². The number of anilines is 1. The number of likely N-dealkylation sites (tertiary alicyclic amines) is 1. The second-order valence-corrected chi connectivity index (χ2v) is 5.82. The van der Waals surface area contributed by atoms with Crippen LogP contribution in [0.3, 0.4) is 0 Å². The first-order chi connectivity index (χ1) is 9.97. The van der Waals surface area contributed by atoms with Crippen LogP contribution in [0.2, 0.25) is 0 Å². The number of rotatable bonds is 2. The van der Waals surface area contributed by atoms with Gasteiger partial charge in [0.1, 0.15) is 0 Å². The Hall–Kier alpha value is -2.04. The molecule has 1 N–H and O–H groups in total. The van der Waals surface area contributed by atoms with E-state index in [1.165, 1.54) is 0 Å². The third kappa shape index (κ3) is 3.97. The molecule has 0 saturated carbocycles. The van der Waals surface area contributed by atoms with Crippen molar-refractivity contribution in [3.8, 4) is 0 Å². The van der Waals surface area contributed by atoms with Gasteiger partial charge < -0.3 is 15.1 Å². The van der Waals surface area contributed by atoms with Crippen molar-refractivity contribution in [3.05, 3.63) is 29.8 Å². The van der Waals surface area contributed by atoms with Crippen LogP contribution in [-0.4, -0.2) is 48.9 Å². The van der Waals surface area contributed by atoms with Crippen LogP contribution in [0.15, 0.2) is 24.3 Å². The van der Waals surface area contributed by atoms with Gasteiger partial charge in [-0.1, -0.05) is 17.7 Å². The molecule has 1 aromatic rings. The molecule has 2 rings (SSSR count). The van der Waals surface area contributed by atoms with E-state index in [0.29, 0.717) is 6.54 Å². The first-order valence-corrected chi connectivity index (χ1v) is 7.31. The molecule has 21 heavy (non-hydrogen) atoms. The van der Waals surface area contributed by atoms with Gasteiger partial charge in [-0.25, -0.2) is 4.79 Å². The number of carbonyl (C=O) groups excluding carboxylic acids is 2. The molecular formula is C16H23N3O2. The molecule has 0 radical (unpaired) electrons. The second kappa shape index (κ2) is 6.61. The molecule has 0 spiro atoms. The maximum Gasteiger partial charge on any atom is 0.319 e. The van der Waals surface area contributed by atoms with Gasteiger partial charge in [0.05, 0.1) is 5.92 Å². The van der Waals surface area contributed by atoms with Crippen LogP contribution in [0.5, 0.6) is 0 Å². The number of hydrogen-bond acceptors (Lipinski definition) is 2. The molecule has 1 aliphatic heterocycles. The van der Waals surface area contributed by atoms with Gasteiger partial charge in [0, 0.05) is 32.9 Å². The quantitative estimate of drug-likeness (QED) is 0.908. The van der Waals surface area contributed by atoms with E-state index in [4.69, 9.17) is 0 Å². The minimum absolute atomic E-state index is 0.00453. The van der Waals surface area contributed by atoms with Crippen LogP contribution in [0.4, 0.5) is 10.5 Å². The van der Waals surface area contributed by atoms with Gasteiger partial charge in [0.25, 0.3) is 0 Å². The van der Waals surface area contributed by atoms with E-state index < -0.39 is 0 Å². The lowest BCUT2D eigenvalue weighted by Gasteiger charge is -2.33.